The second-order valence-electron chi connectivity index (χ2n) is 30.4. The first-order valence-electron chi connectivity index (χ1n) is 35.6. The van der Waals surface area contributed by atoms with Crippen LogP contribution in [0.2, 0.25) is 0 Å². The number of aliphatic hydroxyl groups excluding tert-OH is 2. The van der Waals surface area contributed by atoms with Gasteiger partial charge in [0.05, 0.1) is 24.0 Å². The van der Waals surface area contributed by atoms with Crippen LogP contribution in [0.15, 0.2) is 110 Å². The number of nitrogens with zero attached hydrogens (tertiary/aromatic N) is 8. The van der Waals surface area contributed by atoms with Gasteiger partial charge in [-0.3, -0.25) is 9.97 Å². The van der Waals surface area contributed by atoms with Crippen molar-refractivity contribution in [3.63, 3.8) is 0 Å². The fourth-order valence-corrected chi connectivity index (χ4v) is 20.0. The minimum absolute atomic E-state index is 0.0111. The number of aliphatic hydroxyl groups is 2. The van der Waals surface area contributed by atoms with E-state index in [9.17, 15) is 58.5 Å². The molecule has 0 aliphatic carbocycles. The number of thiazole rings is 1. The number of aliphatic imine (C=N–C) groups is 3. The summed E-state index contributed by atoms with van der Waals surface area (Å²) in [4.78, 5) is 130. The van der Waals surface area contributed by atoms with E-state index in [0.717, 1.165) is 24.1 Å². The molecule has 4 aromatic rings. The minimum atomic E-state index is -5.35. The summed E-state index contributed by atoms with van der Waals surface area (Å²) in [5.41, 5.74) is 37.7. The molecule has 0 radical (unpaired) electrons. The van der Waals surface area contributed by atoms with Crippen molar-refractivity contribution in [1.29, 1.82) is 10.7 Å². The third kappa shape index (κ3) is 16.9. The van der Waals surface area contributed by atoms with Gasteiger partial charge in [0.15, 0.2) is 11.0 Å². The molecule has 580 valence electrons. The molecule has 7 amide bonds. The van der Waals surface area contributed by atoms with Gasteiger partial charge in [-0.15, -0.1) is 11.3 Å². The number of phosphoric ester groups is 1. The predicted octanol–water partition coefficient (Wildman–Crippen LogP) is 4.99. The summed E-state index contributed by atoms with van der Waals surface area (Å²) >= 11 is 1.49. The van der Waals surface area contributed by atoms with Crippen LogP contribution in [-0.2, 0) is 79.8 Å². The number of hydrogen-bond acceptors (Lipinski definition) is 22. The van der Waals surface area contributed by atoms with E-state index in [-0.39, 0.29) is 92.1 Å². The molecule has 2 fully saturated rings. The number of hydrogen-bond donors (Lipinski definition) is 10. The average molecular weight is 1560 g/mol. The van der Waals surface area contributed by atoms with E-state index < -0.39 is 143 Å². The van der Waals surface area contributed by atoms with Crippen molar-refractivity contribution >= 4 is 88.7 Å². The van der Waals surface area contributed by atoms with Crippen molar-refractivity contribution in [2.45, 2.75) is 202 Å². The van der Waals surface area contributed by atoms with Crippen LogP contribution in [-0.4, -0.2) is 136 Å². The zero-order valence-electron chi connectivity index (χ0n) is 62.3. The van der Waals surface area contributed by atoms with Crippen LogP contribution < -0.4 is 49.4 Å². The van der Waals surface area contributed by atoms with Gasteiger partial charge >= 0.3 is 417 Å². The van der Waals surface area contributed by atoms with Gasteiger partial charge in [-0.1, -0.05) is 30.3 Å². The van der Waals surface area contributed by atoms with Crippen molar-refractivity contribution in [2.24, 2.45) is 94.7 Å². The number of fused-ring (bicyclic) bond motifs is 7. The van der Waals surface area contributed by atoms with Crippen molar-refractivity contribution in [3.8, 4) is 5.00 Å². The maximum atomic E-state index is 14.5. The van der Waals surface area contributed by atoms with E-state index >= 15 is 0 Å². The number of carbonyl (C=O) groups is 7. The second-order valence-corrected chi connectivity index (χ2v) is 33.6. The van der Waals surface area contributed by atoms with E-state index in [4.69, 9.17) is 68.6 Å². The predicted molar refractivity (Wildman–Crippen MR) is 394 cm³/mol. The SMILES string of the molecule is C/C1=C2N=C(/C=C3N=C(/C(C)=C4/[C@@H](CCC(N)=O)[C@](C)(CC(N)=O)[C@](C)([C@@H]5N=C1[C@](C)(CCC(=O)NCC(C)OP(=O)([O-])O[C@H]1[C@@H](O)[C@@H](n6cnc7cc(C)c(C)cc76)O[C@@H]1CO)[C@H]5CC(N)=O)[N]4[Co+][C]#N)[C@@](C)(CC(N)=O)[C@@H]\3CCC(N)=O)C(C)(C)[C@@H]/2CCC(N)=O.N=c1sccn1CCc1ccccc1. The van der Waals surface area contributed by atoms with Crippen molar-refractivity contribution < 1.29 is 81.9 Å². The molecule has 15 atom stereocenters. The van der Waals surface area contributed by atoms with E-state index in [2.05, 4.69) is 39.6 Å². The molecular formula is C74H100CoN16O14PS. The van der Waals surface area contributed by atoms with E-state index in [0.29, 0.717) is 61.2 Å². The molecule has 8 heterocycles. The Balaban J connectivity index is 0.000000840. The monoisotopic (exact) mass is 1560 g/mol. The van der Waals surface area contributed by atoms with Crippen LogP contribution in [0.5, 0.6) is 0 Å². The van der Waals surface area contributed by atoms with Crippen LogP contribution >= 0.6 is 19.2 Å². The van der Waals surface area contributed by atoms with E-state index in [1.54, 1.807) is 37.7 Å². The van der Waals surface area contributed by atoms with Gasteiger partial charge in [0.1, 0.15) is 18.3 Å². The molecule has 16 N–H and O–H groups in total. The number of carbonyl (C=O) groups excluding carboxylic acids is 7. The fourth-order valence-electron chi connectivity index (χ4n) is 17.1. The summed E-state index contributed by atoms with van der Waals surface area (Å²) in [6.45, 7) is 19.7. The van der Waals surface area contributed by atoms with Crippen molar-refractivity contribution in [1.82, 2.24) is 23.4 Å². The maximum absolute atomic E-state index is 14.5. The number of nitrogens with one attached hydrogen (secondary N) is 2. The number of primary amides is 6. The number of aromatic nitrogens is 3. The van der Waals surface area contributed by atoms with Crippen LogP contribution in [0.3, 0.4) is 0 Å². The Morgan fingerprint density at radius 2 is 1.46 bits per heavy atom. The Morgan fingerprint density at radius 3 is 2.05 bits per heavy atom. The summed E-state index contributed by atoms with van der Waals surface area (Å²) in [6, 6.07) is 12.9. The normalized spacial score (nSPS) is 30.5. The fraction of sp³-hybridized carbons (Fsp3) is 0.554. The summed E-state index contributed by atoms with van der Waals surface area (Å²) in [7, 11) is -5.35. The smallest absolute Gasteiger partial charge is 0.324 e. The standard InChI is InChI=1S/C62H90N13O14P.C11H12N2S.CN.Co/c1-29-20-39-40(21-30(29)2)75(28-70-39)57-52(84)53(41(27-76)87-57)89-90(85,86)88-31(3)26-69-49(83)18-19-59(8)37(22-46(66)80)56-62(11)61(10,25-48(68)82)36(14-17-45(65)79)51(74-62)33(5)55-60(9,24-47(67)81)34(12-15-43(63)77)38(71-55)23-42-58(6,7)35(13-16-44(64)78)50(72-42)32(4)54(59)73-56;12-11-13(8-9-14-11)7-6-10-4-2-1-3-5-10;1-2;/h20-21,23,28,31,34-37,41,52-53,56-57,76,84H,12-19,22,24-27H2,1-11H3,(H15,63,64,65,66,67,68,69,71,72,73,74,77,78,79,80,81,82,83,85,86);1-5,8-9,12H,6-7H2;;/q;;;+2/p-2/t31?,34-,35-,36-,37+,41-,52-,53-,56-,57+,59-,60+,61+,62+;;;/m1.../s1. The van der Waals surface area contributed by atoms with Gasteiger partial charge in [0.25, 0.3) is 7.82 Å². The number of imidazole rings is 1. The summed E-state index contributed by atoms with van der Waals surface area (Å²) in [5, 5.41) is 47.5. The molecule has 107 heavy (non-hydrogen) atoms. The molecule has 10 rings (SSSR count). The zero-order chi connectivity index (χ0) is 78.8. The van der Waals surface area contributed by atoms with Crippen molar-refractivity contribution in [2.75, 3.05) is 13.2 Å². The molecule has 30 nitrogen and oxygen atoms in total. The number of amides is 7. The molecule has 33 heteroatoms. The van der Waals surface area contributed by atoms with Gasteiger partial charge in [0.2, 0.25) is 0 Å². The number of aryl methyl sites for hydroxylation is 4. The molecule has 6 aliphatic heterocycles. The second kappa shape index (κ2) is 32.8. The van der Waals surface area contributed by atoms with Gasteiger partial charge in [-0.2, -0.15) is 0 Å². The topological polar surface area (TPSA) is 507 Å². The summed E-state index contributed by atoms with van der Waals surface area (Å²) in [5.74, 6) is -7.88. The molecule has 8 bridgehead atoms. The Bertz CT molecular complexity index is 4500. The summed E-state index contributed by atoms with van der Waals surface area (Å²) < 4.78 is 35.7. The molecule has 6 aliphatic rings. The number of nitriles is 1. The Hall–Kier alpha value is -8.35. The molecule has 2 aromatic carbocycles. The third-order valence-corrected chi connectivity index (χ3v) is 25.9. The summed E-state index contributed by atoms with van der Waals surface area (Å²) in [6.07, 6.45) is -2.42. The molecule has 0 spiro atoms. The van der Waals surface area contributed by atoms with Crippen molar-refractivity contribution in [3.05, 3.63) is 116 Å². The van der Waals surface area contributed by atoms with Gasteiger partial charge in [-0.05, 0) is 49.1 Å². The van der Waals surface area contributed by atoms with Gasteiger partial charge < -0.3 is 33.5 Å². The third-order valence-electron chi connectivity index (χ3n) is 23.0. The van der Waals surface area contributed by atoms with Crippen LogP contribution in [0, 0.1) is 74.9 Å². The molecule has 2 saturated heterocycles. The van der Waals surface area contributed by atoms with E-state index in [1.807, 2.05) is 75.9 Å². The Labute approximate surface area is 632 Å². The first kappa shape index (κ1) is 82.7. The molecule has 0 saturated carbocycles. The number of nitrogens with two attached hydrogens (primary N) is 6. The number of benzene rings is 2. The first-order valence-corrected chi connectivity index (χ1v) is 38.9. The van der Waals surface area contributed by atoms with Crippen LogP contribution in [0.25, 0.3) is 11.0 Å². The van der Waals surface area contributed by atoms with Gasteiger partial charge in [0, 0.05) is 18.1 Å². The number of rotatable bonds is 30. The van der Waals surface area contributed by atoms with E-state index in [1.165, 1.54) is 34.7 Å². The molecule has 2 unspecified atom stereocenters. The van der Waals surface area contributed by atoms with Crippen LogP contribution in [0.1, 0.15) is 156 Å². The zero-order valence-corrected chi connectivity index (χ0v) is 65.0. The Morgan fingerprint density at radius 1 is 0.832 bits per heavy atom. The van der Waals surface area contributed by atoms with Gasteiger partial charge in [-0.25, -0.2) is 4.98 Å². The van der Waals surface area contributed by atoms with Crippen LogP contribution in [0.4, 0.5) is 0 Å². The number of ether oxygens (including phenoxy) is 1. The molecule has 2 aromatic heterocycles. The minimum Gasteiger partial charge on any atom is -0.324 e. The number of allylic oxidation sites excluding steroid dienone is 6. The molecular weight excluding hydrogens is 1460 g/mol. The number of phosphoric acid groups is 1. The Kier molecular flexibility index (Phi) is 25.4. The quantitative estimate of drug-likeness (QED) is 0.0307. The average Bonchev–Trinajstić information content (AvgIpc) is 1.51. The first-order chi connectivity index (χ1) is 50.2.